The number of para-hydroxylation sites is 2. The lowest BCUT2D eigenvalue weighted by Gasteiger charge is -2.03. The zero-order chi connectivity index (χ0) is 15.7. The fraction of sp³-hybridized carbons (Fsp3) is 0. The number of hydrogen-bond donors (Lipinski definition) is 1. The third kappa shape index (κ3) is 2.79. The number of ether oxygens (including phenoxy) is 1. The molecule has 8 heteroatoms. The van der Waals surface area contributed by atoms with E-state index in [2.05, 4.69) is 5.10 Å². The first-order chi connectivity index (χ1) is 10.5. The normalized spacial score (nSPS) is 10.6. The Kier molecular flexibility index (Phi) is 3.79. The molecule has 3 rings (SSSR count). The van der Waals surface area contributed by atoms with Crippen LogP contribution in [0.25, 0.3) is 5.69 Å². The molecule has 1 N–H and O–H groups in total. The van der Waals surface area contributed by atoms with Gasteiger partial charge in [0.2, 0.25) is 0 Å². The molecule has 0 saturated heterocycles. The maximum atomic E-state index is 11.8. The van der Waals surface area contributed by atoms with Gasteiger partial charge in [0.25, 0.3) is 0 Å². The van der Waals surface area contributed by atoms with E-state index in [1.54, 1.807) is 18.2 Å². The first kappa shape index (κ1) is 14.5. The summed E-state index contributed by atoms with van der Waals surface area (Å²) in [6.07, 6.45) is -0.308. The number of nitrogens with zero attached hydrogens (tertiary/aromatic N) is 2. The standard InChI is InChI=1S/C14H8Cl2N2O4/c15-8-5-6-12(9(16)7-8)21-13-17-18(14(20)22-13)10-3-1-2-4-11(10)19/h1-7,19H. The number of phenolic OH excluding ortho intramolecular Hbond substituents is 1. The fourth-order valence-corrected chi connectivity index (χ4v) is 2.20. The highest BCUT2D eigenvalue weighted by molar-refractivity contribution is 6.35. The van der Waals surface area contributed by atoms with Crippen molar-refractivity contribution in [2.45, 2.75) is 0 Å². The smallest absolute Gasteiger partial charge is 0.444 e. The van der Waals surface area contributed by atoms with Gasteiger partial charge in [-0.3, -0.25) is 0 Å². The molecule has 0 radical (unpaired) electrons. The Hall–Kier alpha value is -2.44. The molecule has 0 spiro atoms. The summed E-state index contributed by atoms with van der Waals surface area (Å²) in [5.41, 5.74) is 0.174. The van der Waals surface area contributed by atoms with Crippen LogP contribution in [0.15, 0.2) is 51.7 Å². The lowest BCUT2D eigenvalue weighted by Crippen LogP contribution is -2.13. The Morgan fingerprint density at radius 2 is 1.95 bits per heavy atom. The van der Waals surface area contributed by atoms with Gasteiger partial charge in [-0.15, -0.1) is 0 Å². The molecule has 22 heavy (non-hydrogen) atoms. The van der Waals surface area contributed by atoms with E-state index in [0.717, 1.165) is 4.68 Å². The van der Waals surface area contributed by atoms with E-state index in [4.69, 9.17) is 32.4 Å². The van der Waals surface area contributed by atoms with Crippen LogP contribution in [-0.4, -0.2) is 14.9 Å². The van der Waals surface area contributed by atoms with Gasteiger partial charge in [0, 0.05) is 5.02 Å². The minimum absolute atomic E-state index is 0.117. The van der Waals surface area contributed by atoms with Crippen LogP contribution in [0.5, 0.6) is 17.6 Å². The molecule has 112 valence electrons. The van der Waals surface area contributed by atoms with Crippen LogP contribution in [-0.2, 0) is 0 Å². The molecule has 0 aliphatic rings. The number of halogens is 2. The predicted octanol–water partition coefficient (Wildman–Crippen LogP) is 3.63. The van der Waals surface area contributed by atoms with Crippen molar-refractivity contribution in [1.29, 1.82) is 0 Å². The van der Waals surface area contributed by atoms with Gasteiger partial charge >= 0.3 is 11.8 Å². The lowest BCUT2D eigenvalue weighted by atomic mass is 10.3. The highest BCUT2D eigenvalue weighted by Crippen LogP contribution is 2.30. The first-order valence-electron chi connectivity index (χ1n) is 6.06. The SMILES string of the molecule is O=c1oc(Oc2ccc(Cl)cc2Cl)nn1-c1ccccc1O. The van der Waals surface area contributed by atoms with Crippen LogP contribution in [0.4, 0.5) is 0 Å². The van der Waals surface area contributed by atoms with Gasteiger partial charge in [0.15, 0.2) is 5.75 Å². The molecule has 0 amide bonds. The Morgan fingerprint density at radius 3 is 2.68 bits per heavy atom. The second kappa shape index (κ2) is 5.75. The van der Waals surface area contributed by atoms with E-state index in [9.17, 15) is 9.90 Å². The van der Waals surface area contributed by atoms with Gasteiger partial charge in [-0.25, -0.2) is 4.79 Å². The van der Waals surface area contributed by atoms with Crippen LogP contribution in [0, 0.1) is 0 Å². The van der Waals surface area contributed by atoms with E-state index in [1.807, 2.05) is 0 Å². The molecule has 0 saturated carbocycles. The number of phenols is 1. The monoisotopic (exact) mass is 338 g/mol. The van der Waals surface area contributed by atoms with Crippen molar-refractivity contribution < 1.29 is 14.3 Å². The van der Waals surface area contributed by atoms with Crippen LogP contribution >= 0.6 is 23.2 Å². The van der Waals surface area contributed by atoms with Crippen LogP contribution in [0.2, 0.25) is 10.0 Å². The average Bonchev–Trinajstić information content (AvgIpc) is 2.83. The number of aromatic nitrogens is 2. The van der Waals surface area contributed by atoms with Crippen molar-refractivity contribution in [3.8, 4) is 23.3 Å². The molecule has 3 aromatic rings. The molecule has 0 atom stereocenters. The van der Waals surface area contributed by atoms with Gasteiger partial charge in [0.1, 0.15) is 11.4 Å². The molecular weight excluding hydrogens is 331 g/mol. The first-order valence-corrected chi connectivity index (χ1v) is 6.81. The van der Waals surface area contributed by atoms with Crippen molar-refractivity contribution >= 4 is 23.2 Å². The van der Waals surface area contributed by atoms with Crippen molar-refractivity contribution in [1.82, 2.24) is 9.78 Å². The summed E-state index contributed by atoms with van der Waals surface area (Å²) in [6.45, 7) is 0. The third-order valence-corrected chi connectivity index (χ3v) is 3.26. The molecule has 0 fully saturated rings. The van der Waals surface area contributed by atoms with Gasteiger partial charge in [-0.05, 0) is 30.3 Å². The summed E-state index contributed by atoms with van der Waals surface area (Å²) >= 11 is 11.8. The Bertz CT molecular complexity index is 889. The average molecular weight is 339 g/mol. The Labute approximate surface area is 134 Å². The number of hydrogen-bond acceptors (Lipinski definition) is 5. The van der Waals surface area contributed by atoms with E-state index < -0.39 is 5.76 Å². The topological polar surface area (TPSA) is 77.5 Å². The number of benzene rings is 2. The molecule has 0 aliphatic heterocycles. The summed E-state index contributed by atoms with van der Waals surface area (Å²) in [6, 6.07) is 10.8. The summed E-state index contributed by atoms with van der Waals surface area (Å²) < 4.78 is 11.1. The number of aromatic hydroxyl groups is 1. The molecule has 0 bridgehead atoms. The molecule has 1 aromatic heterocycles. The van der Waals surface area contributed by atoms with Gasteiger partial charge < -0.3 is 14.3 Å². The highest BCUT2D eigenvalue weighted by Gasteiger charge is 2.15. The predicted molar refractivity (Wildman–Crippen MR) is 80.3 cm³/mol. The van der Waals surface area contributed by atoms with E-state index in [0.29, 0.717) is 5.02 Å². The molecule has 0 unspecified atom stereocenters. The molecular formula is C14H8Cl2N2O4. The Balaban J connectivity index is 1.96. The lowest BCUT2D eigenvalue weighted by molar-refractivity contribution is 0.320. The quantitative estimate of drug-likeness (QED) is 0.788. The summed E-state index contributed by atoms with van der Waals surface area (Å²) in [5.74, 6) is -0.688. The fourth-order valence-electron chi connectivity index (χ4n) is 1.75. The maximum Gasteiger partial charge on any atom is 0.444 e. The molecule has 0 aliphatic carbocycles. The largest absolute Gasteiger partial charge is 0.506 e. The molecule has 1 heterocycles. The van der Waals surface area contributed by atoms with Crippen molar-refractivity contribution in [2.75, 3.05) is 0 Å². The Morgan fingerprint density at radius 1 is 1.18 bits per heavy atom. The van der Waals surface area contributed by atoms with E-state index in [1.165, 1.54) is 24.3 Å². The summed E-state index contributed by atoms with van der Waals surface area (Å²) in [5, 5.41) is 14.3. The van der Waals surface area contributed by atoms with E-state index >= 15 is 0 Å². The van der Waals surface area contributed by atoms with Crippen LogP contribution in [0.3, 0.4) is 0 Å². The van der Waals surface area contributed by atoms with Crippen LogP contribution in [0.1, 0.15) is 0 Å². The van der Waals surface area contributed by atoms with E-state index in [-0.39, 0.29) is 28.3 Å². The summed E-state index contributed by atoms with van der Waals surface area (Å²) in [4.78, 5) is 11.8. The highest BCUT2D eigenvalue weighted by atomic mass is 35.5. The van der Waals surface area contributed by atoms with Crippen LogP contribution < -0.4 is 10.5 Å². The maximum absolute atomic E-state index is 11.8. The van der Waals surface area contributed by atoms with Gasteiger partial charge in [-0.2, -0.15) is 4.68 Å². The van der Waals surface area contributed by atoms with Gasteiger partial charge in [0.05, 0.1) is 5.02 Å². The minimum Gasteiger partial charge on any atom is -0.506 e. The minimum atomic E-state index is -0.804. The van der Waals surface area contributed by atoms with Crippen molar-refractivity contribution in [3.63, 3.8) is 0 Å². The van der Waals surface area contributed by atoms with Gasteiger partial charge in [-0.1, -0.05) is 40.4 Å². The second-order valence-corrected chi connectivity index (χ2v) is 5.05. The van der Waals surface area contributed by atoms with Crippen molar-refractivity contribution in [3.05, 3.63) is 63.1 Å². The zero-order valence-corrected chi connectivity index (χ0v) is 12.4. The van der Waals surface area contributed by atoms with Crippen molar-refractivity contribution in [2.24, 2.45) is 0 Å². The molecule has 2 aromatic carbocycles. The molecule has 6 nitrogen and oxygen atoms in total. The zero-order valence-electron chi connectivity index (χ0n) is 10.9. The number of rotatable bonds is 3. The second-order valence-electron chi connectivity index (χ2n) is 4.21. The summed E-state index contributed by atoms with van der Waals surface area (Å²) in [7, 11) is 0. The third-order valence-electron chi connectivity index (χ3n) is 2.73.